The van der Waals surface area contributed by atoms with Gasteiger partial charge in [0.1, 0.15) is 0 Å². The zero-order chi connectivity index (χ0) is 11.7. The molecule has 1 aromatic carbocycles. The van der Waals surface area contributed by atoms with Gasteiger partial charge in [0.05, 0.1) is 11.3 Å². The summed E-state index contributed by atoms with van der Waals surface area (Å²) in [6.07, 6.45) is 2.18. The van der Waals surface area contributed by atoms with Crippen molar-refractivity contribution in [1.82, 2.24) is 0 Å². The zero-order valence-corrected chi connectivity index (χ0v) is 8.25. The fourth-order valence-electron chi connectivity index (χ4n) is 1.71. The summed E-state index contributed by atoms with van der Waals surface area (Å²) >= 11 is 0. The third kappa shape index (κ3) is 1.52. The number of fused-ring (bicyclic) bond motifs is 1. The first-order valence-corrected chi connectivity index (χ1v) is 4.64. The second-order valence-electron chi connectivity index (χ2n) is 3.34. The molecular weight excluding hydrogens is 210 g/mol. The summed E-state index contributed by atoms with van der Waals surface area (Å²) in [6.45, 7) is 0.241. The highest BCUT2D eigenvalue weighted by atomic mass is 16.4. The molecule has 0 fully saturated rings. The van der Waals surface area contributed by atoms with Crippen molar-refractivity contribution in [3.05, 3.63) is 35.4 Å². The van der Waals surface area contributed by atoms with Crippen LogP contribution < -0.4 is 4.90 Å². The second kappa shape index (κ2) is 3.69. The van der Waals surface area contributed by atoms with E-state index in [1.165, 1.54) is 12.1 Å². The molecule has 0 saturated carbocycles. The van der Waals surface area contributed by atoms with Gasteiger partial charge >= 0.3 is 12.1 Å². The van der Waals surface area contributed by atoms with Crippen LogP contribution in [0.2, 0.25) is 0 Å². The third-order valence-corrected chi connectivity index (χ3v) is 2.41. The highest BCUT2D eigenvalue weighted by molar-refractivity contribution is 5.99. The van der Waals surface area contributed by atoms with Crippen molar-refractivity contribution < 1.29 is 19.8 Å². The van der Waals surface area contributed by atoms with Crippen molar-refractivity contribution in [1.29, 1.82) is 0 Å². The molecule has 16 heavy (non-hydrogen) atoms. The number of benzene rings is 1. The minimum Gasteiger partial charge on any atom is -0.478 e. The summed E-state index contributed by atoms with van der Waals surface area (Å²) in [6, 6.07) is 4.59. The molecule has 1 heterocycles. The summed E-state index contributed by atoms with van der Waals surface area (Å²) in [5.74, 6) is -1.06. The lowest BCUT2D eigenvalue weighted by atomic mass is 10.0. The van der Waals surface area contributed by atoms with E-state index in [1.807, 2.05) is 0 Å². The number of carboxylic acids is 1. The lowest BCUT2D eigenvalue weighted by Gasteiger charge is -2.24. The molecule has 82 valence electrons. The lowest BCUT2D eigenvalue weighted by Crippen LogP contribution is -2.31. The maximum Gasteiger partial charge on any atom is 0.412 e. The van der Waals surface area contributed by atoms with Gasteiger partial charge in [-0.15, -0.1) is 0 Å². The number of aromatic carboxylic acids is 1. The molecule has 2 rings (SSSR count). The van der Waals surface area contributed by atoms with Crippen LogP contribution in [0.15, 0.2) is 24.3 Å². The number of anilines is 1. The summed E-state index contributed by atoms with van der Waals surface area (Å²) in [5.41, 5.74) is 0.957. The smallest absolute Gasteiger partial charge is 0.412 e. The van der Waals surface area contributed by atoms with E-state index in [0.717, 1.165) is 4.90 Å². The Labute approximate surface area is 91.2 Å². The molecule has 0 aliphatic carbocycles. The van der Waals surface area contributed by atoms with E-state index in [1.54, 1.807) is 18.2 Å². The Balaban J connectivity index is 2.60. The minimum atomic E-state index is -1.09. The molecule has 0 aromatic heterocycles. The topological polar surface area (TPSA) is 77.8 Å². The molecule has 1 aliphatic rings. The first-order valence-electron chi connectivity index (χ1n) is 4.64. The fourth-order valence-corrected chi connectivity index (χ4v) is 1.71. The molecule has 0 atom stereocenters. The van der Waals surface area contributed by atoms with E-state index in [9.17, 15) is 9.59 Å². The van der Waals surface area contributed by atoms with Crippen LogP contribution in [-0.2, 0) is 0 Å². The van der Waals surface area contributed by atoms with Gasteiger partial charge in [0.2, 0.25) is 0 Å². The SMILES string of the molecule is O=C(O)c1cccc2c1C=CCN2C(=O)O. The molecule has 0 saturated heterocycles. The maximum atomic E-state index is 10.9. The Morgan fingerprint density at radius 1 is 1.25 bits per heavy atom. The van der Waals surface area contributed by atoms with Gasteiger partial charge in [0.15, 0.2) is 0 Å². The molecule has 5 heteroatoms. The Hall–Kier alpha value is -2.30. The molecule has 1 aliphatic heterocycles. The number of carbonyl (C=O) groups is 2. The predicted octanol–water partition coefficient (Wildman–Crippen LogP) is 1.90. The van der Waals surface area contributed by atoms with Crippen molar-refractivity contribution in [2.45, 2.75) is 0 Å². The molecule has 2 N–H and O–H groups in total. The summed E-state index contributed by atoms with van der Waals surface area (Å²) in [7, 11) is 0. The number of rotatable bonds is 1. The van der Waals surface area contributed by atoms with Crippen LogP contribution in [0.3, 0.4) is 0 Å². The average Bonchev–Trinajstić information content (AvgIpc) is 2.27. The summed E-state index contributed by atoms with van der Waals surface area (Å²) in [5, 5.41) is 17.9. The molecule has 0 spiro atoms. The van der Waals surface area contributed by atoms with E-state index in [4.69, 9.17) is 10.2 Å². The molecule has 1 amide bonds. The van der Waals surface area contributed by atoms with Crippen LogP contribution in [0.25, 0.3) is 6.08 Å². The zero-order valence-electron chi connectivity index (χ0n) is 8.25. The Morgan fingerprint density at radius 3 is 2.62 bits per heavy atom. The minimum absolute atomic E-state index is 0.111. The van der Waals surface area contributed by atoms with E-state index in [0.29, 0.717) is 11.3 Å². The largest absolute Gasteiger partial charge is 0.478 e. The quantitative estimate of drug-likeness (QED) is 0.756. The van der Waals surface area contributed by atoms with Crippen LogP contribution in [-0.4, -0.2) is 28.8 Å². The first kappa shape index (κ1) is 10.2. The highest BCUT2D eigenvalue weighted by Gasteiger charge is 2.22. The van der Waals surface area contributed by atoms with Crippen LogP contribution in [0.1, 0.15) is 15.9 Å². The number of hydrogen-bond donors (Lipinski definition) is 2. The Kier molecular flexibility index (Phi) is 2.36. The van der Waals surface area contributed by atoms with Crippen molar-refractivity contribution in [2.24, 2.45) is 0 Å². The van der Waals surface area contributed by atoms with Crippen LogP contribution in [0.5, 0.6) is 0 Å². The standard InChI is InChI=1S/C11H9NO4/c13-10(14)8-3-1-5-9-7(8)4-2-6-12(9)11(15)16/h1-5H,6H2,(H,13,14)(H,15,16). The molecule has 0 unspecified atom stereocenters. The van der Waals surface area contributed by atoms with Crippen molar-refractivity contribution in [3.63, 3.8) is 0 Å². The van der Waals surface area contributed by atoms with Gasteiger partial charge in [-0.1, -0.05) is 18.2 Å². The first-order chi connectivity index (χ1) is 7.61. The number of amides is 1. The molecule has 0 radical (unpaired) electrons. The van der Waals surface area contributed by atoms with Crippen molar-refractivity contribution in [3.8, 4) is 0 Å². The van der Waals surface area contributed by atoms with E-state index in [2.05, 4.69) is 0 Å². The van der Waals surface area contributed by atoms with Crippen LogP contribution in [0.4, 0.5) is 10.5 Å². The van der Waals surface area contributed by atoms with Gasteiger partial charge < -0.3 is 10.2 Å². The molecule has 5 nitrogen and oxygen atoms in total. The van der Waals surface area contributed by atoms with Gasteiger partial charge in [-0.05, 0) is 12.1 Å². The average molecular weight is 219 g/mol. The second-order valence-corrected chi connectivity index (χ2v) is 3.34. The van der Waals surface area contributed by atoms with Gasteiger partial charge in [0.25, 0.3) is 0 Å². The number of carboxylic acid groups (broad SMARTS) is 2. The fraction of sp³-hybridized carbons (Fsp3) is 0.0909. The highest BCUT2D eigenvalue weighted by Crippen LogP contribution is 2.28. The molecule has 1 aromatic rings. The van der Waals surface area contributed by atoms with Crippen molar-refractivity contribution in [2.75, 3.05) is 11.4 Å². The van der Waals surface area contributed by atoms with Gasteiger partial charge in [-0.3, -0.25) is 4.90 Å². The van der Waals surface area contributed by atoms with E-state index < -0.39 is 12.1 Å². The van der Waals surface area contributed by atoms with Crippen molar-refractivity contribution >= 4 is 23.8 Å². The van der Waals surface area contributed by atoms with Gasteiger partial charge in [-0.2, -0.15) is 0 Å². The number of hydrogen-bond acceptors (Lipinski definition) is 2. The predicted molar refractivity (Wildman–Crippen MR) is 57.8 cm³/mol. The van der Waals surface area contributed by atoms with Crippen LogP contribution in [0, 0.1) is 0 Å². The van der Waals surface area contributed by atoms with Gasteiger partial charge in [0, 0.05) is 12.1 Å². The molecular formula is C11H9NO4. The van der Waals surface area contributed by atoms with E-state index >= 15 is 0 Å². The summed E-state index contributed by atoms with van der Waals surface area (Å²) in [4.78, 5) is 23.0. The summed E-state index contributed by atoms with van der Waals surface area (Å²) < 4.78 is 0. The maximum absolute atomic E-state index is 10.9. The number of nitrogens with zero attached hydrogens (tertiary/aromatic N) is 1. The Morgan fingerprint density at radius 2 is 2.00 bits per heavy atom. The lowest BCUT2D eigenvalue weighted by molar-refractivity contribution is 0.0696. The molecule has 0 bridgehead atoms. The van der Waals surface area contributed by atoms with E-state index in [-0.39, 0.29) is 12.1 Å². The third-order valence-electron chi connectivity index (χ3n) is 2.41. The monoisotopic (exact) mass is 219 g/mol. The Bertz CT molecular complexity index is 493. The van der Waals surface area contributed by atoms with Crippen LogP contribution >= 0.6 is 0 Å². The van der Waals surface area contributed by atoms with Gasteiger partial charge in [-0.25, -0.2) is 9.59 Å². The normalized spacial score (nSPS) is 13.4.